The molecule has 0 N–H and O–H groups in total. The second-order valence-electron chi connectivity index (χ2n) is 6.01. The van der Waals surface area contributed by atoms with E-state index in [-0.39, 0.29) is 5.60 Å². The van der Waals surface area contributed by atoms with E-state index in [0.717, 1.165) is 25.2 Å². The van der Waals surface area contributed by atoms with Crippen LogP contribution in [0.15, 0.2) is 0 Å². The summed E-state index contributed by atoms with van der Waals surface area (Å²) in [6, 6.07) is 1.76. The van der Waals surface area contributed by atoms with E-state index in [9.17, 15) is 0 Å². The molecular weight excluding hydrogens is 186 g/mol. The Morgan fingerprint density at radius 2 is 1.67 bits per heavy atom. The van der Waals surface area contributed by atoms with Crippen molar-refractivity contribution in [1.82, 2.24) is 4.90 Å². The summed E-state index contributed by atoms with van der Waals surface area (Å²) in [6.07, 6.45) is 7.16. The maximum atomic E-state index is 5.81. The van der Waals surface area contributed by atoms with Crippen molar-refractivity contribution in [2.24, 2.45) is 0 Å². The van der Waals surface area contributed by atoms with Gasteiger partial charge in [-0.2, -0.15) is 0 Å². The first-order valence-corrected chi connectivity index (χ1v) is 6.46. The van der Waals surface area contributed by atoms with E-state index >= 15 is 0 Å². The Hall–Kier alpha value is -0.0800. The number of hydrogen-bond acceptors (Lipinski definition) is 2. The van der Waals surface area contributed by atoms with Crippen molar-refractivity contribution < 1.29 is 4.74 Å². The van der Waals surface area contributed by atoms with Crippen LogP contribution in [0.3, 0.4) is 0 Å². The SMILES string of the molecule is CC(C)(C)OCCN1C2CCCC1CC2. The van der Waals surface area contributed by atoms with Gasteiger partial charge in [0.05, 0.1) is 12.2 Å². The molecule has 0 aromatic carbocycles. The van der Waals surface area contributed by atoms with Crippen LogP contribution in [-0.2, 0) is 4.74 Å². The van der Waals surface area contributed by atoms with Crippen LogP contribution in [0, 0.1) is 0 Å². The highest BCUT2D eigenvalue weighted by molar-refractivity contribution is 4.91. The molecule has 2 fully saturated rings. The van der Waals surface area contributed by atoms with Crippen molar-refractivity contribution in [2.75, 3.05) is 13.2 Å². The van der Waals surface area contributed by atoms with Gasteiger partial charge in [0.25, 0.3) is 0 Å². The van der Waals surface area contributed by atoms with Crippen LogP contribution in [0.2, 0.25) is 0 Å². The number of piperidine rings is 1. The van der Waals surface area contributed by atoms with Crippen LogP contribution in [0.1, 0.15) is 52.9 Å². The highest BCUT2D eigenvalue weighted by Crippen LogP contribution is 2.35. The van der Waals surface area contributed by atoms with E-state index in [2.05, 4.69) is 25.7 Å². The second-order valence-corrected chi connectivity index (χ2v) is 6.01. The predicted octanol–water partition coefficient (Wildman–Crippen LogP) is 2.82. The van der Waals surface area contributed by atoms with Crippen LogP contribution in [-0.4, -0.2) is 35.7 Å². The number of hydrogen-bond donors (Lipinski definition) is 0. The van der Waals surface area contributed by atoms with Gasteiger partial charge in [0.15, 0.2) is 0 Å². The summed E-state index contributed by atoms with van der Waals surface area (Å²) in [7, 11) is 0. The molecule has 2 aliphatic heterocycles. The highest BCUT2D eigenvalue weighted by atomic mass is 16.5. The minimum Gasteiger partial charge on any atom is -0.375 e. The number of fused-ring (bicyclic) bond motifs is 2. The van der Waals surface area contributed by atoms with Gasteiger partial charge in [-0.25, -0.2) is 0 Å². The van der Waals surface area contributed by atoms with Crippen molar-refractivity contribution in [3.05, 3.63) is 0 Å². The third-order valence-electron chi connectivity index (χ3n) is 3.73. The van der Waals surface area contributed by atoms with Gasteiger partial charge >= 0.3 is 0 Å². The van der Waals surface area contributed by atoms with Crippen molar-refractivity contribution >= 4 is 0 Å². The third-order valence-corrected chi connectivity index (χ3v) is 3.73. The van der Waals surface area contributed by atoms with E-state index in [0.29, 0.717) is 0 Å². The topological polar surface area (TPSA) is 12.5 Å². The van der Waals surface area contributed by atoms with Gasteiger partial charge in [-0.05, 0) is 46.5 Å². The third kappa shape index (κ3) is 2.94. The molecule has 0 aromatic rings. The molecule has 0 aliphatic carbocycles. The fourth-order valence-corrected chi connectivity index (χ4v) is 3.05. The molecule has 2 unspecified atom stereocenters. The molecule has 0 spiro atoms. The Morgan fingerprint density at radius 1 is 1.07 bits per heavy atom. The summed E-state index contributed by atoms with van der Waals surface area (Å²) in [5, 5.41) is 0. The number of ether oxygens (including phenoxy) is 1. The largest absolute Gasteiger partial charge is 0.375 e. The summed E-state index contributed by atoms with van der Waals surface area (Å²) in [5.41, 5.74) is 0.0227. The van der Waals surface area contributed by atoms with Gasteiger partial charge in [-0.3, -0.25) is 4.90 Å². The second kappa shape index (κ2) is 4.42. The molecule has 0 radical (unpaired) electrons. The smallest absolute Gasteiger partial charge is 0.0600 e. The highest BCUT2D eigenvalue weighted by Gasteiger charge is 2.35. The average Bonchev–Trinajstić information content (AvgIpc) is 2.38. The van der Waals surface area contributed by atoms with Crippen LogP contribution in [0.25, 0.3) is 0 Å². The molecule has 2 heterocycles. The maximum absolute atomic E-state index is 5.81. The van der Waals surface area contributed by atoms with E-state index in [4.69, 9.17) is 4.74 Å². The Balaban J connectivity index is 1.75. The average molecular weight is 211 g/mol. The van der Waals surface area contributed by atoms with Gasteiger partial charge < -0.3 is 4.74 Å². The fraction of sp³-hybridized carbons (Fsp3) is 1.00. The molecule has 2 bridgehead atoms. The summed E-state index contributed by atoms with van der Waals surface area (Å²) >= 11 is 0. The Morgan fingerprint density at radius 3 is 2.20 bits per heavy atom. The molecule has 2 saturated heterocycles. The predicted molar refractivity (Wildman–Crippen MR) is 63.1 cm³/mol. The molecule has 2 rings (SSSR count). The first kappa shape index (κ1) is 11.4. The van der Waals surface area contributed by atoms with Crippen LogP contribution < -0.4 is 0 Å². The lowest BCUT2D eigenvalue weighted by Gasteiger charge is -2.35. The standard InChI is InChI=1S/C13H25NO/c1-13(2,3)15-10-9-14-11-5-4-6-12(14)8-7-11/h11-12H,4-10H2,1-3H3. The van der Waals surface area contributed by atoms with Crippen LogP contribution >= 0.6 is 0 Å². The quantitative estimate of drug-likeness (QED) is 0.712. The minimum absolute atomic E-state index is 0.0227. The fourth-order valence-electron chi connectivity index (χ4n) is 3.05. The molecule has 2 atom stereocenters. The van der Waals surface area contributed by atoms with Gasteiger partial charge in [0.2, 0.25) is 0 Å². The normalized spacial score (nSPS) is 32.2. The molecule has 2 aliphatic rings. The van der Waals surface area contributed by atoms with E-state index < -0.39 is 0 Å². The summed E-state index contributed by atoms with van der Waals surface area (Å²) in [6.45, 7) is 8.45. The number of nitrogens with zero attached hydrogens (tertiary/aromatic N) is 1. The molecule has 2 nitrogen and oxygen atoms in total. The summed E-state index contributed by atoms with van der Waals surface area (Å²) in [4.78, 5) is 2.70. The molecule has 2 heteroatoms. The monoisotopic (exact) mass is 211 g/mol. The summed E-state index contributed by atoms with van der Waals surface area (Å²) < 4.78 is 5.81. The van der Waals surface area contributed by atoms with Crippen molar-refractivity contribution in [1.29, 1.82) is 0 Å². The van der Waals surface area contributed by atoms with Crippen molar-refractivity contribution in [3.63, 3.8) is 0 Å². The zero-order valence-corrected chi connectivity index (χ0v) is 10.5. The van der Waals surface area contributed by atoms with Gasteiger partial charge in [-0.15, -0.1) is 0 Å². The van der Waals surface area contributed by atoms with Crippen molar-refractivity contribution in [3.8, 4) is 0 Å². The van der Waals surface area contributed by atoms with E-state index in [1.807, 2.05) is 0 Å². The lowest BCUT2D eigenvalue weighted by molar-refractivity contribution is -0.0223. The van der Waals surface area contributed by atoms with Gasteiger partial charge in [-0.1, -0.05) is 6.42 Å². The lowest BCUT2D eigenvalue weighted by atomic mass is 10.0. The zero-order valence-electron chi connectivity index (χ0n) is 10.5. The van der Waals surface area contributed by atoms with Gasteiger partial charge in [0.1, 0.15) is 0 Å². The van der Waals surface area contributed by atoms with E-state index in [1.165, 1.54) is 32.1 Å². The first-order chi connectivity index (χ1) is 7.06. The minimum atomic E-state index is 0.0227. The lowest BCUT2D eigenvalue weighted by Crippen LogP contribution is -2.42. The molecule has 88 valence electrons. The van der Waals surface area contributed by atoms with Crippen LogP contribution in [0.4, 0.5) is 0 Å². The molecule has 0 saturated carbocycles. The molecular formula is C13H25NO. The molecule has 0 aromatic heterocycles. The Bertz CT molecular complexity index is 193. The summed E-state index contributed by atoms with van der Waals surface area (Å²) in [5.74, 6) is 0. The molecule has 15 heavy (non-hydrogen) atoms. The first-order valence-electron chi connectivity index (χ1n) is 6.46. The van der Waals surface area contributed by atoms with Crippen LogP contribution in [0.5, 0.6) is 0 Å². The van der Waals surface area contributed by atoms with E-state index in [1.54, 1.807) is 0 Å². The van der Waals surface area contributed by atoms with Crippen molar-refractivity contribution in [2.45, 2.75) is 70.6 Å². The Labute approximate surface area is 94.0 Å². The zero-order chi connectivity index (χ0) is 10.9. The maximum Gasteiger partial charge on any atom is 0.0600 e. The molecule has 0 amide bonds. The number of rotatable bonds is 3. The Kier molecular flexibility index (Phi) is 3.36. The van der Waals surface area contributed by atoms with Gasteiger partial charge in [0, 0.05) is 18.6 Å².